The summed E-state index contributed by atoms with van der Waals surface area (Å²) in [6.45, 7) is 22.1. The van der Waals surface area contributed by atoms with Crippen LogP contribution < -0.4 is 31.9 Å². The number of halogens is 2. The van der Waals surface area contributed by atoms with Gasteiger partial charge >= 0.3 is 12.1 Å². The van der Waals surface area contributed by atoms with Gasteiger partial charge in [0.15, 0.2) is 0 Å². The van der Waals surface area contributed by atoms with Gasteiger partial charge in [0.1, 0.15) is 11.1 Å². The molecule has 0 bridgehead atoms. The lowest BCUT2D eigenvalue weighted by molar-refractivity contribution is 0.181. The molecule has 6 amide bonds. The molecule has 4 saturated carbocycles. The van der Waals surface area contributed by atoms with Crippen LogP contribution in [0, 0.1) is 22.7 Å². The summed E-state index contributed by atoms with van der Waals surface area (Å²) < 4.78 is 0. The minimum Gasteiger partial charge on any atom is -0.354 e. The van der Waals surface area contributed by atoms with E-state index in [1.807, 2.05) is 27.7 Å². The van der Waals surface area contributed by atoms with E-state index in [4.69, 9.17) is 33.7 Å². The van der Waals surface area contributed by atoms with Gasteiger partial charge in [0.25, 0.3) is 10.5 Å². The number of thioether (sulfide) groups is 2. The molecule has 500 valence electrons. The molecule has 6 N–H and O–H groups in total. The molecule has 0 aliphatic heterocycles. The van der Waals surface area contributed by atoms with Crippen LogP contribution in [0.15, 0.2) is 0 Å². The highest BCUT2D eigenvalue weighted by Gasteiger charge is 2.26. The van der Waals surface area contributed by atoms with E-state index in [0.29, 0.717) is 49.2 Å². The smallest absolute Gasteiger partial charge is 0.317 e. The molecule has 26 heteroatoms. The molecule has 4 fully saturated rings. The van der Waals surface area contributed by atoms with Crippen molar-refractivity contribution in [3.8, 4) is 12.1 Å². The molecule has 22 nitrogen and oxygen atoms in total. The Kier molecular flexibility index (Phi) is 43.2. The van der Waals surface area contributed by atoms with Gasteiger partial charge in [0.2, 0.25) is 34.4 Å². The predicted octanol–water partition coefficient (Wildman–Crippen LogP) is 15.1. The fraction of sp³-hybridized carbons (Fsp3) is 0.806. The van der Waals surface area contributed by atoms with Crippen LogP contribution in [0.3, 0.4) is 0 Å². The standard InChI is InChI=1S/2C11H22N2O.2C11H21NOS.2C9H13ClN6/c2*1-13(2)11(14)12-10-8-6-4-3-5-7-9-10;2*1-3-12(11(13)14-4-2)10-8-6-5-7-9-10;2*1-4-12-7-13-6(10)14-8(15-7)16-9(2,3)5-11/h2*10H,3-9H2,1-2H3,(H,12,14);2*10H,3-9H2,1-2H3;2*4H2,1-3H3,(H2,12,13,14,15,16). The van der Waals surface area contributed by atoms with Crippen LogP contribution >= 0.6 is 46.7 Å². The lowest BCUT2D eigenvalue weighted by atomic mass is 9.94. The zero-order chi connectivity index (χ0) is 65.9. The summed E-state index contributed by atoms with van der Waals surface area (Å²) in [4.78, 5) is 77.4. The molecule has 2 aromatic heterocycles. The van der Waals surface area contributed by atoms with E-state index in [0.717, 1.165) is 50.3 Å². The van der Waals surface area contributed by atoms with Crippen molar-refractivity contribution in [2.24, 2.45) is 0 Å². The zero-order valence-corrected chi connectivity index (χ0v) is 59.2. The van der Waals surface area contributed by atoms with E-state index < -0.39 is 11.1 Å². The summed E-state index contributed by atoms with van der Waals surface area (Å²) in [6.07, 6.45) is 30.4. The molecule has 2 heterocycles. The highest BCUT2D eigenvalue weighted by molar-refractivity contribution is 8.13. The number of carbonyl (C=O) groups is 4. The Bertz CT molecular complexity index is 2180. The van der Waals surface area contributed by atoms with E-state index in [1.165, 1.54) is 152 Å². The lowest BCUT2D eigenvalue weighted by Crippen LogP contribution is -2.41. The summed E-state index contributed by atoms with van der Waals surface area (Å²) in [7, 11) is 7.16. The van der Waals surface area contributed by atoms with Gasteiger partial charge in [-0.05, 0) is 141 Å². The first-order chi connectivity index (χ1) is 41.9. The second kappa shape index (κ2) is 47.0. The van der Waals surface area contributed by atoms with E-state index in [2.05, 4.69) is 97.6 Å². The fourth-order valence-corrected chi connectivity index (χ4v) is 11.7. The zero-order valence-electron chi connectivity index (χ0n) is 56.1. The molecular formula is C62H112Cl2N18O4S2. The Labute approximate surface area is 548 Å². The SMILES string of the molecule is CCNc1nc(Cl)nc(NC(C)(C)C#N)n1.CCNc1nc(Cl)nc(NC(C)(C)C#N)n1.CCSC(=O)N(CC)C1CCCCC1.CCSC(=O)N(CC)C1CCCCC1.CN(C)C(=O)NC1CCCCCCC1.CN(C)C(=O)NC1CCCCCCC1. The molecule has 4 aliphatic rings. The summed E-state index contributed by atoms with van der Waals surface area (Å²) in [5, 5.41) is 36.2. The molecule has 88 heavy (non-hydrogen) atoms. The van der Waals surface area contributed by atoms with Crippen LogP contribution in [0.1, 0.15) is 223 Å². The minimum atomic E-state index is -0.756. The van der Waals surface area contributed by atoms with Crippen molar-refractivity contribution < 1.29 is 19.2 Å². The van der Waals surface area contributed by atoms with Gasteiger partial charge in [-0.1, -0.05) is 140 Å². The quantitative estimate of drug-likeness (QED) is 0.0911. The fourth-order valence-electron chi connectivity index (χ4n) is 9.98. The maximum absolute atomic E-state index is 11.8. The highest BCUT2D eigenvalue weighted by atomic mass is 35.5. The Morgan fingerprint density at radius 3 is 1.00 bits per heavy atom. The average molecular weight is 1310 g/mol. The maximum Gasteiger partial charge on any atom is 0.317 e. The number of carbonyl (C=O) groups excluding carboxylic acids is 4. The number of anilines is 4. The molecule has 0 radical (unpaired) electrons. The van der Waals surface area contributed by atoms with Gasteiger partial charge in [-0.25, -0.2) is 9.59 Å². The topological polar surface area (TPSA) is 278 Å². The van der Waals surface area contributed by atoms with Crippen molar-refractivity contribution in [1.82, 2.24) is 60.1 Å². The molecule has 2 aromatic rings. The van der Waals surface area contributed by atoms with Gasteiger partial charge in [0, 0.05) is 78.5 Å². The van der Waals surface area contributed by atoms with Crippen LogP contribution in [0.2, 0.25) is 10.6 Å². The van der Waals surface area contributed by atoms with Crippen molar-refractivity contribution >= 4 is 93.1 Å². The number of amides is 6. The van der Waals surface area contributed by atoms with Crippen LogP contribution in [0.5, 0.6) is 0 Å². The molecular weight excluding hydrogens is 1200 g/mol. The number of nitrogens with one attached hydrogen (secondary N) is 6. The van der Waals surface area contributed by atoms with Gasteiger partial charge < -0.3 is 51.5 Å². The third kappa shape index (κ3) is 36.6. The van der Waals surface area contributed by atoms with E-state index in [9.17, 15) is 19.2 Å². The second-order valence-corrected chi connectivity index (χ2v) is 26.7. The number of nitriles is 2. The van der Waals surface area contributed by atoms with E-state index in [-0.39, 0.29) is 45.0 Å². The molecule has 0 saturated heterocycles. The number of hydrogen-bond donors (Lipinski definition) is 6. The lowest BCUT2D eigenvalue weighted by Gasteiger charge is -2.33. The number of nitrogens with zero attached hydrogens (tertiary/aromatic N) is 12. The van der Waals surface area contributed by atoms with Gasteiger partial charge in [-0.2, -0.15) is 40.4 Å². The Balaban J connectivity index is 0.000000529. The molecule has 0 atom stereocenters. The van der Waals surface area contributed by atoms with E-state index in [1.54, 1.807) is 65.7 Å². The first-order valence-corrected chi connectivity index (χ1v) is 35.2. The number of rotatable bonds is 16. The van der Waals surface area contributed by atoms with Crippen molar-refractivity contribution in [3.05, 3.63) is 10.6 Å². The monoisotopic (exact) mass is 1310 g/mol. The second-order valence-electron chi connectivity index (χ2n) is 23.6. The molecule has 4 aliphatic carbocycles. The van der Waals surface area contributed by atoms with Crippen LogP contribution in [-0.2, 0) is 0 Å². The number of aromatic nitrogens is 6. The predicted molar refractivity (Wildman–Crippen MR) is 367 cm³/mol. The van der Waals surface area contributed by atoms with Crippen molar-refractivity contribution in [1.29, 1.82) is 10.5 Å². The summed E-state index contributed by atoms with van der Waals surface area (Å²) in [5.74, 6) is 3.12. The van der Waals surface area contributed by atoms with Crippen molar-refractivity contribution in [3.63, 3.8) is 0 Å². The van der Waals surface area contributed by atoms with Crippen molar-refractivity contribution in [2.75, 3.05) is 87.1 Å². The number of urea groups is 2. The third-order valence-corrected chi connectivity index (χ3v) is 16.6. The Morgan fingerprint density at radius 1 is 0.466 bits per heavy atom. The Morgan fingerprint density at radius 2 is 0.739 bits per heavy atom. The minimum absolute atomic E-state index is 0.0515. The van der Waals surface area contributed by atoms with Crippen LogP contribution in [0.4, 0.5) is 43.0 Å². The third-order valence-electron chi connectivity index (χ3n) is 14.7. The molecule has 0 unspecified atom stereocenters. The largest absolute Gasteiger partial charge is 0.354 e. The normalized spacial score (nSPS) is 15.9. The van der Waals surface area contributed by atoms with Crippen molar-refractivity contribution in [2.45, 2.75) is 259 Å². The highest BCUT2D eigenvalue weighted by Crippen LogP contribution is 2.27. The molecule has 0 spiro atoms. The van der Waals surface area contributed by atoms with E-state index >= 15 is 0 Å². The number of hydrogen-bond acceptors (Lipinski definition) is 18. The average Bonchev–Trinajstić information content (AvgIpc) is 3.58. The molecule has 6 rings (SSSR count). The summed E-state index contributed by atoms with van der Waals surface area (Å²) in [6, 6.07) is 6.15. The van der Waals surface area contributed by atoms with Gasteiger partial charge in [-0.3, -0.25) is 9.59 Å². The van der Waals surface area contributed by atoms with Gasteiger partial charge in [0.05, 0.1) is 12.1 Å². The first kappa shape index (κ1) is 81.0. The van der Waals surface area contributed by atoms with Gasteiger partial charge in [-0.15, -0.1) is 0 Å². The molecule has 0 aromatic carbocycles. The summed E-state index contributed by atoms with van der Waals surface area (Å²) >= 11 is 14.4. The first-order valence-electron chi connectivity index (χ1n) is 32.4. The van der Waals surface area contributed by atoms with Crippen LogP contribution in [0.25, 0.3) is 0 Å². The maximum atomic E-state index is 11.8. The Hall–Kier alpha value is -5.04. The van der Waals surface area contributed by atoms with Crippen LogP contribution in [-0.4, -0.2) is 173 Å². The summed E-state index contributed by atoms with van der Waals surface area (Å²) in [5.41, 5.74) is -1.51.